The van der Waals surface area contributed by atoms with E-state index in [0.29, 0.717) is 12.1 Å². The molecule has 0 spiro atoms. The zero-order chi connectivity index (χ0) is 14.2. The van der Waals surface area contributed by atoms with Crippen molar-refractivity contribution in [3.05, 3.63) is 33.9 Å². The second-order valence-electron chi connectivity index (χ2n) is 4.08. The van der Waals surface area contributed by atoms with Gasteiger partial charge in [0.2, 0.25) is 5.91 Å². The molecule has 7 heteroatoms. The first-order chi connectivity index (χ1) is 8.93. The van der Waals surface area contributed by atoms with Crippen LogP contribution in [-0.4, -0.2) is 17.4 Å². The average Bonchev–Trinajstić information content (AvgIpc) is 2.69. The minimum atomic E-state index is -1.15. The Bertz CT molecular complexity index is 610. The molecule has 1 heterocycles. The molecule has 1 fully saturated rings. The minimum absolute atomic E-state index is 0.00945. The van der Waals surface area contributed by atoms with E-state index in [9.17, 15) is 23.7 Å². The third kappa shape index (κ3) is 2.25. The van der Waals surface area contributed by atoms with Gasteiger partial charge in [-0.2, -0.15) is 0 Å². The summed E-state index contributed by atoms with van der Waals surface area (Å²) in [5.41, 5.74) is -1.32. The third-order valence-electron chi connectivity index (χ3n) is 2.84. The van der Waals surface area contributed by atoms with Crippen LogP contribution in [0, 0.1) is 40.0 Å². The quantitative estimate of drug-likeness (QED) is 0.466. The zero-order valence-corrected chi connectivity index (χ0v) is 9.60. The number of amides is 1. The molecule has 1 saturated heterocycles. The fourth-order valence-electron chi connectivity index (χ4n) is 1.99. The molecule has 98 valence electrons. The lowest BCUT2D eigenvalue weighted by Crippen LogP contribution is -2.26. The second-order valence-corrected chi connectivity index (χ2v) is 4.08. The Balaban J connectivity index is 2.54. The number of carbonyl (C=O) groups is 1. The number of hydrogen-bond donors (Lipinski definition) is 0. The molecule has 1 amide bonds. The van der Waals surface area contributed by atoms with E-state index in [1.807, 2.05) is 0 Å². The molecule has 0 aliphatic carbocycles. The molecule has 0 radical (unpaired) electrons. The van der Waals surface area contributed by atoms with E-state index < -0.39 is 39.8 Å². The van der Waals surface area contributed by atoms with Crippen LogP contribution in [0.5, 0.6) is 0 Å². The average molecular weight is 266 g/mol. The summed E-state index contributed by atoms with van der Waals surface area (Å²) < 4.78 is 26.8. The molecule has 1 aliphatic heterocycles. The van der Waals surface area contributed by atoms with Gasteiger partial charge in [-0.05, 0) is 0 Å². The molecule has 0 aromatic heterocycles. The summed E-state index contributed by atoms with van der Waals surface area (Å²) in [5.74, 6) is -0.837. The van der Waals surface area contributed by atoms with Crippen LogP contribution in [0.2, 0.25) is 0 Å². The van der Waals surface area contributed by atoms with Gasteiger partial charge in [-0.15, -0.1) is 12.3 Å². The molecule has 1 aliphatic rings. The first-order valence-electron chi connectivity index (χ1n) is 5.34. The number of anilines is 1. The van der Waals surface area contributed by atoms with Crippen molar-refractivity contribution in [2.45, 2.75) is 6.42 Å². The highest BCUT2D eigenvalue weighted by Crippen LogP contribution is 2.35. The maximum absolute atomic E-state index is 13.7. The molecular formula is C12H8F2N2O3. The highest BCUT2D eigenvalue weighted by molar-refractivity contribution is 5.98. The van der Waals surface area contributed by atoms with Crippen molar-refractivity contribution in [2.24, 2.45) is 5.92 Å². The van der Waals surface area contributed by atoms with Crippen molar-refractivity contribution in [3.63, 3.8) is 0 Å². The lowest BCUT2D eigenvalue weighted by molar-refractivity contribution is -0.384. The van der Waals surface area contributed by atoms with Gasteiger partial charge in [0.15, 0.2) is 11.5 Å². The van der Waals surface area contributed by atoms with Crippen LogP contribution < -0.4 is 4.90 Å². The largest absolute Gasteiger partial charge is 0.303 e. The summed E-state index contributed by atoms with van der Waals surface area (Å²) in [4.78, 5) is 22.5. The van der Waals surface area contributed by atoms with E-state index in [1.54, 1.807) is 0 Å². The van der Waals surface area contributed by atoms with Gasteiger partial charge in [0.05, 0.1) is 11.0 Å². The number of halogens is 2. The number of hydrogen-bond acceptors (Lipinski definition) is 3. The van der Waals surface area contributed by atoms with Gasteiger partial charge in [-0.1, -0.05) is 0 Å². The number of terminal acetylenes is 1. The van der Waals surface area contributed by atoms with Crippen LogP contribution in [0.25, 0.3) is 0 Å². The second kappa shape index (κ2) is 4.65. The molecule has 0 bridgehead atoms. The summed E-state index contributed by atoms with van der Waals surface area (Å²) in [7, 11) is 0. The predicted octanol–water partition coefficient (Wildman–Crippen LogP) is 1.86. The van der Waals surface area contributed by atoms with Crippen molar-refractivity contribution in [3.8, 4) is 12.3 Å². The molecule has 1 aromatic carbocycles. The van der Waals surface area contributed by atoms with Crippen LogP contribution in [0.3, 0.4) is 0 Å². The number of nitro benzene ring substituents is 1. The number of nitro groups is 1. The summed E-state index contributed by atoms with van der Waals surface area (Å²) in [6.07, 6.45) is 5.17. The summed E-state index contributed by atoms with van der Waals surface area (Å²) >= 11 is 0. The Labute approximate surface area is 107 Å². The van der Waals surface area contributed by atoms with Crippen LogP contribution in [0.1, 0.15) is 6.42 Å². The summed E-state index contributed by atoms with van der Waals surface area (Å²) in [6, 6.07) is 1.08. The Hall–Kier alpha value is -2.49. The van der Waals surface area contributed by atoms with Crippen molar-refractivity contribution in [1.29, 1.82) is 0 Å². The zero-order valence-electron chi connectivity index (χ0n) is 9.60. The maximum Gasteiger partial charge on any atom is 0.298 e. The van der Waals surface area contributed by atoms with E-state index in [1.165, 1.54) is 0 Å². The smallest absolute Gasteiger partial charge is 0.298 e. The fraction of sp³-hybridized carbons (Fsp3) is 0.250. The monoisotopic (exact) mass is 266 g/mol. The third-order valence-corrected chi connectivity index (χ3v) is 2.84. The van der Waals surface area contributed by atoms with Crippen LogP contribution >= 0.6 is 0 Å². The highest BCUT2D eigenvalue weighted by Gasteiger charge is 2.36. The summed E-state index contributed by atoms with van der Waals surface area (Å²) in [6.45, 7) is -0.0152. The van der Waals surface area contributed by atoms with Gasteiger partial charge >= 0.3 is 0 Å². The number of carbonyl (C=O) groups excluding carboxylic acids is 1. The Morgan fingerprint density at radius 2 is 2.16 bits per heavy atom. The molecule has 0 N–H and O–H groups in total. The Kier molecular flexibility index (Phi) is 3.17. The van der Waals surface area contributed by atoms with Crippen molar-refractivity contribution < 1.29 is 18.5 Å². The lowest BCUT2D eigenvalue weighted by Gasteiger charge is -2.16. The van der Waals surface area contributed by atoms with Crippen molar-refractivity contribution >= 4 is 17.3 Å². The van der Waals surface area contributed by atoms with E-state index in [2.05, 4.69) is 5.92 Å². The summed E-state index contributed by atoms with van der Waals surface area (Å²) in [5, 5.41) is 10.8. The van der Waals surface area contributed by atoms with Crippen LogP contribution in [0.15, 0.2) is 12.1 Å². The first kappa shape index (κ1) is 13.0. The molecule has 1 unspecified atom stereocenters. The number of benzene rings is 1. The van der Waals surface area contributed by atoms with Gasteiger partial charge < -0.3 is 4.90 Å². The predicted molar refractivity (Wildman–Crippen MR) is 62.3 cm³/mol. The molecule has 19 heavy (non-hydrogen) atoms. The standard InChI is InChI=1S/C12H8F2N2O3/c1-2-7-3-11(17)15(6-7)12-9(14)4-8(13)5-10(12)16(18)19/h1,4-5,7H,3,6H2. The topological polar surface area (TPSA) is 63.5 Å². The van der Waals surface area contributed by atoms with Gasteiger partial charge in [0, 0.05) is 24.9 Å². The minimum Gasteiger partial charge on any atom is -0.303 e. The Morgan fingerprint density at radius 1 is 1.47 bits per heavy atom. The van der Waals surface area contributed by atoms with Gasteiger partial charge in [-0.25, -0.2) is 8.78 Å². The maximum atomic E-state index is 13.7. The number of nitrogens with zero attached hydrogens (tertiary/aromatic N) is 2. The van der Waals surface area contributed by atoms with E-state index >= 15 is 0 Å². The fourth-order valence-corrected chi connectivity index (χ4v) is 1.99. The normalized spacial score (nSPS) is 18.5. The van der Waals surface area contributed by atoms with Gasteiger partial charge in [0.1, 0.15) is 5.82 Å². The molecule has 5 nitrogen and oxygen atoms in total. The molecular weight excluding hydrogens is 258 g/mol. The van der Waals surface area contributed by atoms with Crippen LogP contribution in [0.4, 0.5) is 20.2 Å². The van der Waals surface area contributed by atoms with Crippen LogP contribution in [-0.2, 0) is 4.79 Å². The van der Waals surface area contributed by atoms with Crippen molar-refractivity contribution in [1.82, 2.24) is 0 Å². The van der Waals surface area contributed by atoms with Crippen molar-refractivity contribution in [2.75, 3.05) is 11.4 Å². The Morgan fingerprint density at radius 3 is 2.68 bits per heavy atom. The lowest BCUT2D eigenvalue weighted by atomic mass is 10.1. The first-order valence-corrected chi connectivity index (χ1v) is 5.34. The van der Waals surface area contributed by atoms with E-state index in [0.717, 1.165) is 4.90 Å². The number of rotatable bonds is 2. The van der Waals surface area contributed by atoms with Gasteiger partial charge in [0.25, 0.3) is 5.69 Å². The molecule has 1 atom stereocenters. The highest BCUT2D eigenvalue weighted by atomic mass is 19.1. The molecule has 0 saturated carbocycles. The molecule has 2 rings (SSSR count). The van der Waals surface area contributed by atoms with E-state index in [4.69, 9.17) is 6.42 Å². The van der Waals surface area contributed by atoms with E-state index in [-0.39, 0.29) is 13.0 Å². The SMILES string of the molecule is C#CC1CC(=O)N(c2c(F)cc(F)cc2[N+](=O)[O-])C1. The molecule has 1 aromatic rings. The van der Waals surface area contributed by atoms with Gasteiger partial charge in [-0.3, -0.25) is 14.9 Å².